The number of rotatable bonds is 6. The third-order valence-electron chi connectivity index (χ3n) is 5.25. The van der Waals surface area contributed by atoms with Crippen LogP contribution in [0.25, 0.3) is 11.1 Å². The lowest BCUT2D eigenvalue weighted by atomic mass is 9.94. The number of halogens is 4. The fraction of sp³-hybridized carbons (Fsp3) is 0.391. The van der Waals surface area contributed by atoms with Gasteiger partial charge in [0.25, 0.3) is 0 Å². The van der Waals surface area contributed by atoms with Crippen LogP contribution in [0.2, 0.25) is 0 Å². The molecule has 3 rings (SSSR count). The Morgan fingerprint density at radius 1 is 0.893 bits per heavy atom. The van der Waals surface area contributed by atoms with E-state index in [2.05, 4.69) is 6.92 Å². The van der Waals surface area contributed by atoms with Gasteiger partial charge in [-0.3, -0.25) is 0 Å². The quantitative estimate of drug-likeness (QED) is 0.365. The van der Waals surface area contributed by atoms with Crippen LogP contribution >= 0.6 is 0 Å². The molecule has 0 fully saturated rings. The number of hydrogen-bond donors (Lipinski definition) is 0. The van der Waals surface area contributed by atoms with E-state index in [-0.39, 0.29) is 22.3 Å². The molecular weight excluding hydrogens is 368 g/mol. The van der Waals surface area contributed by atoms with Crippen LogP contribution in [0, 0.1) is 30.2 Å². The molecule has 150 valence electrons. The molecule has 1 unspecified atom stereocenters. The number of benzene rings is 2. The van der Waals surface area contributed by atoms with E-state index in [9.17, 15) is 17.6 Å². The predicted molar refractivity (Wildman–Crippen MR) is 102 cm³/mol. The molecule has 0 saturated heterocycles. The fourth-order valence-corrected chi connectivity index (χ4v) is 3.51. The number of hydrogen-bond acceptors (Lipinski definition) is 1. The molecule has 5 heteroatoms. The van der Waals surface area contributed by atoms with Crippen LogP contribution < -0.4 is 0 Å². The maximum absolute atomic E-state index is 14.7. The van der Waals surface area contributed by atoms with Crippen molar-refractivity contribution in [2.24, 2.45) is 0 Å². The molecule has 2 aromatic rings. The molecule has 1 heterocycles. The van der Waals surface area contributed by atoms with E-state index >= 15 is 0 Å². The first-order chi connectivity index (χ1) is 13.4. The first-order valence-electron chi connectivity index (χ1n) is 9.70. The summed E-state index contributed by atoms with van der Waals surface area (Å²) in [7, 11) is 0. The molecule has 0 aliphatic carbocycles. The summed E-state index contributed by atoms with van der Waals surface area (Å²) in [5.74, 6) is -4.51. The molecule has 0 aromatic heterocycles. The summed E-state index contributed by atoms with van der Waals surface area (Å²) in [6.45, 7) is 3.55. The molecule has 1 aliphatic rings. The largest absolute Gasteiger partial charge is 0.493 e. The van der Waals surface area contributed by atoms with E-state index in [1.807, 2.05) is 0 Å². The van der Waals surface area contributed by atoms with Crippen LogP contribution in [0.3, 0.4) is 0 Å². The lowest BCUT2D eigenvalue weighted by Crippen LogP contribution is -2.11. The lowest BCUT2D eigenvalue weighted by molar-refractivity contribution is 0.115. The summed E-state index contributed by atoms with van der Waals surface area (Å²) in [5, 5.41) is 0. The van der Waals surface area contributed by atoms with Crippen molar-refractivity contribution in [3.8, 4) is 11.1 Å². The molecule has 1 atom stereocenters. The van der Waals surface area contributed by atoms with Gasteiger partial charge in [0.05, 0.1) is 6.26 Å². The Hall–Kier alpha value is -2.30. The van der Waals surface area contributed by atoms with Crippen LogP contribution in [0.4, 0.5) is 17.6 Å². The normalized spacial score (nSPS) is 16.6. The average molecular weight is 392 g/mol. The van der Waals surface area contributed by atoms with E-state index in [4.69, 9.17) is 4.74 Å². The minimum atomic E-state index is -1.19. The van der Waals surface area contributed by atoms with Gasteiger partial charge in [0.15, 0.2) is 23.3 Å². The topological polar surface area (TPSA) is 9.23 Å². The Balaban J connectivity index is 1.83. The second-order valence-electron chi connectivity index (χ2n) is 7.28. The molecule has 1 nitrogen and oxygen atoms in total. The number of ether oxygens (including phenoxy) is 1. The van der Waals surface area contributed by atoms with Crippen molar-refractivity contribution in [1.29, 1.82) is 0 Å². The van der Waals surface area contributed by atoms with Crippen molar-refractivity contribution in [3.63, 3.8) is 0 Å². The zero-order valence-corrected chi connectivity index (χ0v) is 16.1. The van der Waals surface area contributed by atoms with Crippen molar-refractivity contribution < 1.29 is 22.3 Å². The SMILES string of the molecule is CCCCCC1=COC(c2ccc(-c3ccc(C)c(F)c3F)c(F)c2F)CC1. The third-order valence-corrected chi connectivity index (χ3v) is 5.25. The van der Waals surface area contributed by atoms with Crippen LogP contribution in [0.1, 0.15) is 62.7 Å². The summed E-state index contributed by atoms with van der Waals surface area (Å²) in [6.07, 6.45) is 6.73. The van der Waals surface area contributed by atoms with E-state index in [0.29, 0.717) is 6.42 Å². The molecule has 0 N–H and O–H groups in total. The van der Waals surface area contributed by atoms with Crippen molar-refractivity contribution in [2.75, 3.05) is 0 Å². The standard InChI is InChI=1S/C23H24F4O/c1-3-4-5-6-15-8-12-19(28-13-15)18-11-10-17(22(26)23(18)27)16-9-7-14(2)20(24)21(16)25/h7,9-11,13,19H,3-6,8,12H2,1-2H3. The maximum atomic E-state index is 14.7. The molecule has 0 spiro atoms. The Bertz CT molecular complexity index is 889. The zero-order chi connectivity index (χ0) is 20.3. The van der Waals surface area contributed by atoms with Gasteiger partial charge in [-0.1, -0.05) is 44.0 Å². The van der Waals surface area contributed by atoms with Gasteiger partial charge in [-0.25, -0.2) is 17.6 Å². The molecule has 0 radical (unpaired) electrons. The maximum Gasteiger partial charge on any atom is 0.167 e. The highest BCUT2D eigenvalue weighted by atomic mass is 19.2. The molecule has 28 heavy (non-hydrogen) atoms. The first-order valence-corrected chi connectivity index (χ1v) is 9.70. The van der Waals surface area contributed by atoms with E-state index in [0.717, 1.165) is 32.1 Å². The minimum Gasteiger partial charge on any atom is -0.493 e. The monoisotopic (exact) mass is 392 g/mol. The summed E-state index contributed by atoms with van der Waals surface area (Å²) in [4.78, 5) is 0. The van der Waals surface area contributed by atoms with Gasteiger partial charge < -0.3 is 4.74 Å². The predicted octanol–water partition coefficient (Wildman–Crippen LogP) is 7.53. The average Bonchev–Trinajstić information content (AvgIpc) is 2.70. The molecule has 2 aromatic carbocycles. The van der Waals surface area contributed by atoms with Gasteiger partial charge in [-0.2, -0.15) is 0 Å². The number of aryl methyl sites for hydroxylation is 1. The van der Waals surface area contributed by atoms with E-state index in [1.165, 1.54) is 36.8 Å². The smallest absolute Gasteiger partial charge is 0.167 e. The van der Waals surface area contributed by atoms with Gasteiger partial charge >= 0.3 is 0 Å². The zero-order valence-electron chi connectivity index (χ0n) is 16.1. The Morgan fingerprint density at radius 3 is 2.21 bits per heavy atom. The first kappa shape index (κ1) is 20.4. The van der Waals surface area contributed by atoms with Crippen LogP contribution in [-0.2, 0) is 4.74 Å². The summed E-state index contributed by atoms with van der Waals surface area (Å²) in [6, 6.07) is 5.28. The second kappa shape index (κ2) is 8.80. The van der Waals surface area contributed by atoms with Gasteiger partial charge in [-0.05, 0) is 43.7 Å². The van der Waals surface area contributed by atoms with Crippen molar-refractivity contribution in [2.45, 2.75) is 58.5 Å². The highest BCUT2D eigenvalue weighted by Crippen LogP contribution is 2.37. The van der Waals surface area contributed by atoms with Crippen molar-refractivity contribution in [1.82, 2.24) is 0 Å². The van der Waals surface area contributed by atoms with Gasteiger partial charge in [0.1, 0.15) is 6.10 Å². The highest BCUT2D eigenvalue weighted by Gasteiger charge is 2.25. The van der Waals surface area contributed by atoms with Gasteiger partial charge in [0.2, 0.25) is 0 Å². The highest BCUT2D eigenvalue weighted by molar-refractivity contribution is 5.66. The summed E-state index contributed by atoms with van der Waals surface area (Å²) >= 11 is 0. The van der Waals surface area contributed by atoms with Crippen molar-refractivity contribution >= 4 is 0 Å². The van der Waals surface area contributed by atoms with Gasteiger partial charge in [-0.15, -0.1) is 0 Å². The second-order valence-corrected chi connectivity index (χ2v) is 7.28. The molecular formula is C23H24F4O. The number of allylic oxidation sites excluding steroid dienone is 1. The molecule has 0 saturated carbocycles. The van der Waals surface area contributed by atoms with Crippen LogP contribution in [0.5, 0.6) is 0 Å². The van der Waals surface area contributed by atoms with Crippen LogP contribution in [0.15, 0.2) is 36.1 Å². The Labute approximate surface area is 163 Å². The summed E-state index contributed by atoms with van der Waals surface area (Å²) in [5.41, 5.74) is 0.784. The fourth-order valence-electron chi connectivity index (χ4n) is 3.51. The minimum absolute atomic E-state index is 0.0955. The van der Waals surface area contributed by atoms with E-state index in [1.54, 1.807) is 6.26 Å². The Morgan fingerprint density at radius 2 is 1.57 bits per heavy atom. The van der Waals surface area contributed by atoms with Crippen molar-refractivity contribution in [3.05, 3.63) is 70.5 Å². The Kier molecular flexibility index (Phi) is 6.42. The van der Waals surface area contributed by atoms with E-state index < -0.39 is 29.4 Å². The molecule has 0 amide bonds. The van der Waals surface area contributed by atoms with Crippen LogP contribution in [-0.4, -0.2) is 0 Å². The summed E-state index contributed by atoms with van der Waals surface area (Å²) < 4.78 is 63.0. The third kappa shape index (κ3) is 4.08. The molecule has 0 bridgehead atoms. The lowest BCUT2D eigenvalue weighted by Gasteiger charge is -2.24. The van der Waals surface area contributed by atoms with Gasteiger partial charge in [0, 0.05) is 16.7 Å². The molecule has 1 aliphatic heterocycles. The number of unbranched alkanes of at least 4 members (excludes halogenated alkanes) is 2.